The molecule has 3 rings (SSSR count). The van der Waals surface area contributed by atoms with Gasteiger partial charge in [-0.15, -0.1) is 0 Å². The molecule has 0 aromatic heterocycles. The van der Waals surface area contributed by atoms with E-state index in [-0.39, 0.29) is 34.7 Å². The molecule has 0 aliphatic carbocycles. The molecule has 0 fully saturated rings. The summed E-state index contributed by atoms with van der Waals surface area (Å²) < 4.78 is 33.7. The average Bonchev–Trinajstić information content (AvgIpc) is 2.83. The fourth-order valence-electron chi connectivity index (χ4n) is 3.49. The van der Waals surface area contributed by atoms with Gasteiger partial charge < -0.3 is 10.1 Å². The zero-order chi connectivity index (χ0) is 23.7. The quantitative estimate of drug-likeness (QED) is 0.448. The molecule has 0 aliphatic heterocycles. The van der Waals surface area contributed by atoms with Crippen LogP contribution in [0.4, 0.5) is 0 Å². The first-order valence-corrected chi connectivity index (χ1v) is 12.4. The van der Waals surface area contributed by atoms with Crippen molar-refractivity contribution in [1.29, 1.82) is 0 Å². The minimum atomic E-state index is -3.86. The van der Waals surface area contributed by atoms with Gasteiger partial charge >= 0.3 is 0 Å². The van der Waals surface area contributed by atoms with Gasteiger partial charge in [-0.25, -0.2) is 13.1 Å². The Hall–Kier alpha value is -3.16. The molecule has 0 unspecified atom stereocenters. The monoisotopic (exact) mass is 466 g/mol. The van der Waals surface area contributed by atoms with Gasteiger partial charge in [0, 0.05) is 18.2 Å². The number of hydrogen-bond donors (Lipinski definition) is 2. The molecule has 0 aliphatic rings. The number of rotatable bonds is 11. The summed E-state index contributed by atoms with van der Waals surface area (Å²) in [6, 6.07) is 24.1. The Labute approximate surface area is 196 Å². The van der Waals surface area contributed by atoms with Crippen LogP contribution >= 0.6 is 0 Å². The molecule has 2 N–H and O–H groups in total. The van der Waals surface area contributed by atoms with E-state index in [0.717, 1.165) is 18.4 Å². The average molecular weight is 467 g/mol. The third-order valence-electron chi connectivity index (χ3n) is 5.35. The zero-order valence-electron chi connectivity index (χ0n) is 19.0. The number of nitrogens with one attached hydrogen (secondary N) is 2. The number of benzene rings is 3. The van der Waals surface area contributed by atoms with Crippen molar-refractivity contribution in [2.75, 3.05) is 13.7 Å². The van der Waals surface area contributed by atoms with E-state index >= 15 is 0 Å². The lowest BCUT2D eigenvalue weighted by Crippen LogP contribution is -2.33. The minimum Gasteiger partial charge on any atom is -0.495 e. The fourth-order valence-corrected chi connectivity index (χ4v) is 4.71. The molecule has 33 heavy (non-hydrogen) atoms. The maximum atomic E-state index is 12.9. The lowest BCUT2D eigenvalue weighted by atomic mass is 10.1. The van der Waals surface area contributed by atoms with Crippen LogP contribution in [0.3, 0.4) is 0 Å². The van der Waals surface area contributed by atoms with Crippen LogP contribution in [0, 0.1) is 0 Å². The molecule has 0 saturated carbocycles. The summed E-state index contributed by atoms with van der Waals surface area (Å²) in [4.78, 5) is 12.7. The Kier molecular flexibility index (Phi) is 8.63. The summed E-state index contributed by atoms with van der Waals surface area (Å²) in [6.45, 7) is 2.18. The van der Waals surface area contributed by atoms with E-state index in [1.807, 2.05) is 55.5 Å². The van der Waals surface area contributed by atoms with Gasteiger partial charge in [-0.3, -0.25) is 4.79 Å². The Morgan fingerprint density at radius 3 is 2.12 bits per heavy atom. The van der Waals surface area contributed by atoms with E-state index in [1.165, 1.54) is 24.8 Å². The number of ether oxygens (including phenoxy) is 1. The Balaban J connectivity index is 1.65. The van der Waals surface area contributed by atoms with Gasteiger partial charge in [-0.2, -0.15) is 0 Å². The molecule has 3 aromatic carbocycles. The first-order valence-electron chi connectivity index (χ1n) is 11.0. The van der Waals surface area contributed by atoms with E-state index in [4.69, 9.17) is 4.74 Å². The molecule has 7 heteroatoms. The minimum absolute atomic E-state index is 0.0531. The van der Waals surface area contributed by atoms with Crippen molar-refractivity contribution in [2.45, 2.75) is 37.1 Å². The Morgan fingerprint density at radius 2 is 1.52 bits per heavy atom. The molecule has 174 valence electrons. The second kappa shape index (κ2) is 11.6. The third kappa shape index (κ3) is 7.17. The van der Waals surface area contributed by atoms with Crippen molar-refractivity contribution in [1.82, 2.24) is 10.0 Å². The summed E-state index contributed by atoms with van der Waals surface area (Å²) in [5.41, 5.74) is 2.51. The van der Waals surface area contributed by atoms with Crippen LogP contribution in [0.25, 0.3) is 0 Å². The summed E-state index contributed by atoms with van der Waals surface area (Å²) in [7, 11) is -2.45. The topological polar surface area (TPSA) is 84.5 Å². The van der Waals surface area contributed by atoms with Crippen molar-refractivity contribution in [3.05, 3.63) is 95.6 Å². The smallest absolute Gasteiger partial charge is 0.251 e. The van der Waals surface area contributed by atoms with Crippen LogP contribution < -0.4 is 14.8 Å². The molecule has 0 heterocycles. The highest BCUT2D eigenvalue weighted by Gasteiger charge is 2.22. The second-order valence-electron chi connectivity index (χ2n) is 7.90. The van der Waals surface area contributed by atoms with Crippen LogP contribution in [0.5, 0.6) is 5.75 Å². The van der Waals surface area contributed by atoms with Crippen molar-refractivity contribution >= 4 is 15.9 Å². The van der Waals surface area contributed by atoms with Gasteiger partial charge in [0.15, 0.2) is 0 Å². The fraction of sp³-hybridized carbons (Fsp3) is 0.269. The van der Waals surface area contributed by atoms with Crippen LogP contribution in [0.1, 0.15) is 34.8 Å². The van der Waals surface area contributed by atoms with Gasteiger partial charge in [-0.1, -0.05) is 60.7 Å². The second-order valence-corrected chi connectivity index (χ2v) is 9.63. The largest absolute Gasteiger partial charge is 0.495 e. The van der Waals surface area contributed by atoms with Crippen molar-refractivity contribution in [2.24, 2.45) is 0 Å². The van der Waals surface area contributed by atoms with Crippen molar-refractivity contribution < 1.29 is 17.9 Å². The Morgan fingerprint density at radius 1 is 0.909 bits per heavy atom. The standard InChI is InChI=1S/C26H30N2O4S/c1-20(13-14-21-9-5-3-6-10-21)28-26(29)23-15-16-24(32-2)25(19-23)33(30,31)27-18-17-22-11-7-4-8-12-22/h3-12,15-16,19-20,27H,13-14,17-18H2,1-2H3,(H,28,29)/t20-/m1/s1. The van der Waals surface area contributed by atoms with Gasteiger partial charge in [0.1, 0.15) is 10.6 Å². The first-order chi connectivity index (χ1) is 15.9. The summed E-state index contributed by atoms with van der Waals surface area (Å²) in [6.07, 6.45) is 2.18. The highest BCUT2D eigenvalue weighted by atomic mass is 32.2. The van der Waals surface area contributed by atoms with Crippen LogP contribution in [0.2, 0.25) is 0 Å². The van der Waals surface area contributed by atoms with Crippen molar-refractivity contribution in [3.63, 3.8) is 0 Å². The number of aryl methyl sites for hydroxylation is 1. The summed E-state index contributed by atoms with van der Waals surface area (Å²) >= 11 is 0. The van der Waals surface area contributed by atoms with E-state index in [2.05, 4.69) is 22.2 Å². The van der Waals surface area contributed by atoms with E-state index < -0.39 is 10.0 Å². The van der Waals surface area contributed by atoms with Crippen molar-refractivity contribution in [3.8, 4) is 5.75 Å². The molecular formula is C26H30N2O4S. The first kappa shape index (κ1) is 24.5. The van der Waals surface area contributed by atoms with Crippen LogP contribution in [-0.2, 0) is 22.9 Å². The normalized spacial score (nSPS) is 12.2. The highest BCUT2D eigenvalue weighted by molar-refractivity contribution is 7.89. The molecule has 0 spiro atoms. The molecule has 0 saturated heterocycles. The number of carbonyl (C=O) groups excluding carboxylic acids is 1. The number of sulfonamides is 1. The van der Waals surface area contributed by atoms with Gasteiger partial charge in [0.2, 0.25) is 10.0 Å². The number of amides is 1. The van der Waals surface area contributed by atoms with Gasteiger partial charge in [0.25, 0.3) is 5.91 Å². The lowest BCUT2D eigenvalue weighted by molar-refractivity contribution is 0.0938. The number of hydrogen-bond acceptors (Lipinski definition) is 4. The van der Waals surface area contributed by atoms with E-state index in [9.17, 15) is 13.2 Å². The maximum Gasteiger partial charge on any atom is 0.251 e. The number of methoxy groups -OCH3 is 1. The summed E-state index contributed by atoms with van der Waals surface area (Å²) in [5.74, 6) is -0.130. The van der Waals surface area contributed by atoms with E-state index in [0.29, 0.717) is 6.42 Å². The Bertz CT molecular complexity index is 1150. The predicted octanol–water partition coefficient (Wildman–Crippen LogP) is 3.97. The van der Waals surface area contributed by atoms with Crippen LogP contribution in [-0.4, -0.2) is 34.0 Å². The van der Waals surface area contributed by atoms with Crippen LogP contribution in [0.15, 0.2) is 83.8 Å². The molecular weight excluding hydrogens is 436 g/mol. The third-order valence-corrected chi connectivity index (χ3v) is 6.83. The zero-order valence-corrected chi connectivity index (χ0v) is 19.8. The maximum absolute atomic E-state index is 12.9. The molecule has 1 amide bonds. The van der Waals surface area contributed by atoms with E-state index in [1.54, 1.807) is 6.07 Å². The molecule has 0 bridgehead atoms. The SMILES string of the molecule is COc1ccc(C(=O)N[C@H](C)CCc2ccccc2)cc1S(=O)(=O)NCCc1ccccc1. The molecule has 1 atom stereocenters. The predicted molar refractivity (Wildman–Crippen MR) is 130 cm³/mol. The van der Waals surface area contributed by atoms with Gasteiger partial charge in [0.05, 0.1) is 7.11 Å². The summed E-state index contributed by atoms with van der Waals surface area (Å²) in [5, 5.41) is 2.95. The molecule has 3 aromatic rings. The highest BCUT2D eigenvalue weighted by Crippen LogP contribution is 2.25. The molecule has 6 nitrogen and oxygen atoms in total. The van der Waals surface area contributed by atoms with Gasteiger partial charge in [-0.05, 0) is 55.5 Å². The lowest BCUT2D eigenvalue weighted by Gasteiger charge is -2.16. The number of carbonyl (C=O) groups is 1. The molecule has 0 radical (unpaired) electrons.